The van der Waals surface area contributed by atoms with Crippen molar-refractivity contribution in [1.29, 1.82) is 0 Å². The number of halogens is 4. The molecular weight excluding hydrogens is 409 g/mol. The Morgan fingerprint density at radius 2 is 1.90 bits per heavy atom. The first-order valence-electron chi connectivity index (χ1n) is 7.15. The molecule has 2 aliphatic rings. The summed E-state index contributed by atoms with van der Waals surface area (Å²) in [7, 11) is 0. The molecule has 0 radical (unpaired) electrons. The number of rotatable bonds is 2. The fraction of sp³-hybridized carbons (Fsp3) is 0.600. The van der Waals surface area contributed by atoms with E-state index in [1.54, 1.807) is 0 Å². The summed E-state index contributed by atoms with van der Waals surface area (Å²) in [6.07, 6.45) is 3.52. The first kappa shape index (κ1) is 17.4. The van der Waals surface area contributed by atoms with Crippen LogP contribution in [0.1, 0.15) is 24.8 Å². The maximum atomic E-state index is 14.1. The second kappa shape index (κ2) is 7.06. The molecule has 118 valence electrons. The lowest BCUT2D eigenvalue weighted by molar-refractivity contribution is 0.192. The van der Waals surface area contributed by atoms with Gasteiger partial charge in [-0.05, 0) is 79.0 Å². The minimum absolute atomic E-state index is 0. The van der Waals surface area contributed by atoms with Crippen LogP contribution in [0.2, 0.25) is 0 Å². The maximum absolute atomic E-state index is 14.1. The van der Waals surface area contributed by atoms with Crippen molar-refractivity contribution in [2.75, 3.05) is 26.2 Å². The molecule has 2 heterocycles. The van der Waals surface area contributed by atoms with Gasteiger partial charge in [0.15, 0.2) is 0 Å². The standard InChI is InChI=1S/C15H19F2IN2.ClH/c16-12-1-2-13(18)14(17)11(12)9-20-8-5-15(10-20)3-6-19-7-4-15;/h1-2,19H,3-10H2;1H. The molecule has 2 nitrogen and oxygen atoms in total. The average molecular weight is 429 g/mol. The molecule has 0 atom stereocenters. The highest BCUT2D eigenvalue weighted by Crippen LogP contribution is 2.39. The Kier molecular flexibility index (Phi) is 5.84. The van der Waals surface area contributed by atoms with Crippen LogP contribution < -0.4 is 5.32 Å². The van der Waals surface area contributed by atoms with Crippen molar-refractivity contribution in [2.45, 2.75) is 25.8 Å². The summed E-state index contributed by atoms with van der Waals surface area (Å²) in [6, 6.07) is 2.86. The Balaban J connectivity index is 0.00000161. The molecule has 1 N–H and O–H groups in total. The molecule has 2 aliphatic heterocycles. The maximum Gasteiger partial charge on any atom is 0.143 e. The number of nitrogens with zero attached hydrogens (tertiary/aromatic N) is 1. The third-order valence-electron chi connectivity index (χ3n) is 4.70. The van der Waals surface area contributed by atoms with Crippen LogP contribution in [0.3, 0.4) is 0 Å². The normalized spacial score (nSPS) is 21.5. The van der Waals surface area contributed by atoms with Gasteiger partial charge in [-0.3, -0.25) is 4.90 Å². The van der Waals surface area contributed by atoms with Gasteiger partial charge < -0.3 is 5.32 Å². The van der Waals surface area contributed by atoms with Gasteiger partial charge in [-0.1, -0.05) is 0 Å². The van der Waals surface area contributed by atoms with Crippen molar-refractivity contribution >= 4 is 35.0 Å². The molecule has 1 aromatic rings. The Hall–Kier alpha value is 0.0200. The van der Waals surface area contributed by atoms with Crippen molar-refractivity contribution < 1.29 is 8.78 Å². The molecule has 6 heteroatoms. The minimum Gasteiger partial charge on any atom is -0.317 e. The first-order chi connectivity index (χ1) is 9.60. The summed E-state index contributed by atoms with van der Waals surface area (Å²) in [6.45, 7) is 4.45. The monoisotopic (exact) mass is 428 g/mol. The number of nitrogens with one attached hydrogen (secondary N) is 1. The largest absolute Gasteiger partial charge is 0.317 e. The molecule has 1 aromatic carbocycles. The van der Waals surface area contributed by atoms with E-state index in [9.17, 15) is 8.78 Å². The van der Waals surface area contributed by atoms with E-state index < -0.39 is 11.6 Å². The molecule has 0 saturated carbocycles. The molecule has 3 rings (SSSR count). The number of benzene rings is 1. The van der Waals surface area contributed by atoms with Crippen LogP contribution in [0.5, 0.6) is 0 Å². The van der Waals surface area contributed by atoms with Crippen LogP contribution in [0.15, 0.2) is 12.1 Å². The van der Waals surface area contributed by atoms with Gasteiger partial charge in [0.1, 0.15) is 11.6 Å². The average Bonchev–Trinajstić information content (AvgIpc) is 2.83. The van der Waals surface area contributed by atoms with Crippen LogP contribution in [-0.2, 0) is 6.54 Å². The van der Waals surface area contributed by atoms with Gasteiger partial charge in [0, 0.05) is 22.2 Å². The van der Waals surface area contributed by atoms with Crippen LogP contribution in [0.25, 0.3) is 0 Å². The number of piperidine rings is 1. The van der Waals surface area contributed by atoms with Gasteiger partial charge in [0.2, 0.25) is 0 Å². The van der Waals surface area contributed by atoms with Gasteiger partial charge >= 0.3 is 0 Å². The molecule has 0 bridgehead atoms. The zero-order valence-corrected chi connectivity index (χ0v) is 14.8. The van der Waals surface area contributed by atoms with E-state index in [-0.39, 0.29) is 18.0 Å². The molecular formula is C15H20ClF2IN2. The second-order valence-electron chi connectivity index (χ2n) is 6.03. The molecule has 21 heavy (non-hydrogen) atoms. The van der Waals surface area contributed by atoms with Crippen LogP contribution in [0, 0.1) is 20.6 Å². The number of likely N-dealkylation sites (tertiary alicyclic amines) is 1. The highest BCUT2D eigenvalue weighted by molar-refractivity contribution is 14.1. The fourth-order valence-electron chi connectivity index (χ4n) is 3.47. The van der Waals surface area contributed by atoms with E-state index in [4.69, 9.17) is 0 Å². The Bertz CT molecular complexity index is 507. The Labute approximate surface area is 144 Å². The zero-order valence-electron chi connectivity index (χ0n) is 11.8. The van der Waals surface area contributed by atoms with E-state index >= 15 is 0 Å². The third-order valence-corrected chi connectivity index (χ3v) is 5.54. The quantitative estimate of drug-likeness (QED) is 0.572. The fourth-order valence-corrected chi connectivity index (χ4v) is 3.97. The topological polar surface area (TPSA) is 15.3 Å². The highest BCUT2D eigenvalue weighted by atomic mass is 127. The van der Waals surface area contributed by atoms with Crippen LogP contribution >= 0.6 is 35.0 Å². The van der Waals surface area contributed by atoms with Crippen molar-refractivity contribution in [2.24, 2.45) is 5.41 Å². The predicted octanol–water partition coefficient (Wildman–Crippen LogP) is 3.57. The number of hydrogen-bond donors (Lipinski definition) is 1. The lowest BCUT2D eigenvalue weighted by Crippen LogP contribution is -2.38. The zero-order chi connectivity index (χ0) is 14.2. The van der Waals surface area contributed by atoms with Crippen LogP contribution in [0.4, 0.5) is 8.78 Å². The molecule has 0 amide bonds. The van der Waals surface area contributed by atoms with Gasteiger partial charge in [-0.25, -0.2) is 8.78 Å². The van der Waals surface area contributed by atoms with Gasteiger partial charge in [-0.15, -0.1) is 12.4 Å². The molecule has 0 aliphatic carbocycles. The SMILES string of the molecule is Cl.Fc1ccc(I)c(F)c1CN1CCC2(CCNCC2)C1. The van der Waals surface area contributed by atoms with E-state index in [1.165, 1.54) is 25.0 Å². The third kappa shape index (κ3) is 3.68. The Morgan fingerprint density at radius 3 is 2.62 bits per heavy atom. The summed E-state index contributed by atoms with van der Waals surface area (Å²) in [5.41, 5.74) is 0.600. The van der Waals surface area contributed by atoms with Crippen molar-refractivity contribution in [1.82, 2.24) is 10.2 Å². The molecule has 0 aromatic heterocycles. The molecule has 1 spiro atoms. The lowest BCUT2D eigenvalue weighted by Gasteiger charge is -2.34. The summed E-state index contributed by atoms with van der Waals surface area (Å²) < 4.78 is 28.4. The van der Waals surface area contributed by atoms with Crippen molar-refractivity contribution in [3.63, 3.8) is 0 Å². The van der Waals surface area contributed by atoms with Gasteiger partial charge in [0.05, 0.1) is 0 Å². The molecule has 2 saturated heterocycles. The second-order valence-corrected chi connectivity index (χ2v) is 7.19. The van der Waals surface area contributed by atoms with E-state index in [0.717, 1.165) is 32.6 Å². The molecule has 2 fully saturated rings. The summed E-state index contributed by atoms with van der Waals surface area (Å²) >= 11 is 1.92. The van der Waals surface area contributed by atoms with Crippen LogP contribution in [-0.4, -0.2) is 31.1 Å². The Morgan fingerprint density at radius 1 is 1.19 bits per heavy atom. The van der Waals surface area contributed by atoms with E-state index in [1.807, 2.05) is 22.6 Å². The number of hydrogen-bond acceptors (Lipinski definition) is 2. The van der Waals surface area contributed by atoms with E-state index in [2.05, 4.69) is 10.2 Å². The van der Waals surface area contributed by atoms with Crippen molar-refractivity contribution in [3.8, 4) is 0 Å². The van der Waals surface area contributed by atoms with Gasteiger partial charge in [0.25, 0.3) is 0 Å². The van der Waals surface area contributed by atoms with Gasteiger partial charge in [-0.2, -0.15) is 0 Å². The lowest BCUT2D eigenvalue weighted by atomic mass is 9.78. The summed E-state index contributed by atoms with van der Waals surface area (Å²) in [5, 5.41) is 3.39. The minimum atomic E-state index is -0.422. The summed E-state index contributed by atoms with van der Waals surface area (Å²) in [4.78, 5) is 2.21. The summed E-state index contributed by atoms with van der Waals surface area (Å²) in [5.74, 6) is -0.814. The predicted molar refractivity (Wildman–Crippen MR) is 90.8 cm³/mol. The highest BCUT2D eigenvalue weighted by Gasteiger charge is 2.39. The van der Waals surface area contributed by atoms with E-state index in [0.29, 0.717) is 15.5 Å². The first-order valence-corrected chi connectivity index (χ1v) is 8.23. The smallest absolute Gasteiger partial charge is 0.143 e. The molecule has 0 unspecified atom stereocenters. The van der Waals surface area contributed by atoms with Crippen molar-refractivity contribution in [3.05, 3.63) is 32.9 Å².